The zero-order valence-electron chi connectivity index (χ0n) is 14.3. The van der Waals surface area contributed by atoms with E-state index in [1.165, 1.54) is 16.8 Å². The maximum atomic E-state index is 6.61. The van der Waals surface area contributed by atoms with Crippen molar-refractivity contribution in [2.45, 2.75) is 18.9 Å². The molecular weight excluding hydrogens is 340 g/mol. The van der Waals surface area contributed by atoms with Gasteiger partial charge in [-0.1, -0.05) is 72.3 Å². The number of hydrazone groups is 1. The third-order valence-electron chi connectivity index (χ3n) is 5.47. The van der Waals surface area contributed by atoms with Crippen molar-refractivity contribution in [1.29, 1.82) is 0 Å². The molecule has 0 radical (unpaired) electrons. The van der Waals surface area contributed by atoms with Crippen LogP contribution in [-0.2, 0) is 6.42 Å². The molecule has 128 valence electrons. The topological polar surface area (TPSA) is 15.6 Å². The van der Waals surface area contributed by atoms with E-state index >= 15 is 0 Å². The molecule has 5 rings (SSSR count). The monoisotopic (exact) mass is 358 g/mol. The Morgan fingerprint density at radius 1 is 0.846 bits per heavy atom. The molecule has 0 aromatic heterocycles. The Morgan fingerprint density at radius 2 is 1.58 bits per heavy atom. The van der Waals surface area contributed by atoms with Crippen molar-refractivity contribution in [2.75, 3.05) is 5.01 Å². The zero-order valence-corrected chi connectivity index (χ0v) is 15.1. The van der Waals surface area contributed by atoms with Gasteiger partial charge < -0.3 is 0 Å². The van der Waals surface area contributed by atoms with Gasteiger partial charge >= 0.3 is 0 Å². The Bertz CT molecular complexity index is 980. The van der Waals surface area contributed by atoms with Gasteiger partial charge in [0.15, 0.2) is 0 Å². The molecule has 0 saturated carbocycles. The summed E-state index contributed by atoms with van der Waals surface area (Å²) in [6.45, 7) is 0. The van der Waals surface area contributed by atoms with E-state index in [-0.39, 0.29) is 6.04 Å². The molecule has 0 saturated heterocycles. The van der Waals surface area contributed by atoms with Crippen LogP contribution in [0.3, 0.4) is 0 Å². The summed E-state index contributed by atoms with van der Waals surface area (Å²) in [5, 5.41) is 8.10. The van der Waals surface area contributed by atoms with Gasteiger partial charge in [-0.2, -0.15) is 5.10 Å². The number of para-hydroxylation sites is 1. The molecule has 0 N–H and O–H groups in total. The van der Waals surface area contributed by atoms with Crippen LogP contribution in [0.2, 0.25) is 5.02 Å². The van der Waals surface area contributed by atoms with Crippen LogP contribution in [0.4, 0.5) is 5.69 Å². The summed E-state index contributed by atoms with van der Waals surface area (Å²) < 4.78 is 0. The summed E-state index contributed by atoms with van der Waals surface area (Å²) >= 11 is 6.61. The van der Waals surface area contributed by atoms with E-state index < -0.39 is 0 Å². The first-order chi connectivity index (χ1) is 12.8. The molecule has 2 nitrogen and oxygen atoms in total. The van der Waals surface area contributed by atoms with Crippen LogP contribution in [0.5, 0.6) is 0 Å². The van der Waals surface area contributed by atoms with Crippen molar-refractivity contribution in [1.82, 2.24) is 0 Å². The second-order valence-corrected chi connectivity index (χ2v) is 7.34. The van der Waals surface area contributed by atoms with Gasteiger partial charge in [0.25, 0.3) is 0 Å². The summed E-state index contributed by atoms with van der Waals surface area (Å²) in [6.07, 6.45) is 2.18. The smallest absolute Gasteiger partial charge is 0.0874 e. The number of aryl methyl sites for hydroxylation is 1. The number of benzene rings is 3. The summed E-state index contributed by atoms with van der Waals surface area (Å²) in [5.41, 5.74) is 6.15. The van der Waals surface area contributed by atoms with Gasteiger partial charge in [0.05, 0.1) is 17.4 Å². The molecule has 2 atom stereocenters. The fourth-order valence-corrected chi connectivity index (χ4v) is 4.53. The van der Waals surface area contributed by atoms with Crippen LogP contribution in [0.25, 0.3) is 0 Å². The maximum Gasteiger partial charge on any atom is 0.0874 e. The number of nitrogens with zero attached hydrogens (tertiary/aromatic N) is 2. The lowest BCUT2D eigenvalue weighted by molar-refractivity contribution is 0.510. The highest BCUT2D eigenvalue weighted by Crippen LogP contribution is 2.46. The Hall–Kier alpha value is -2.58. The van der Waals surface area contributed by atoms with Crippen molar-refractivity contribution in [3.63, 3.8) is 0 Å². The number of anilines is 1. The van der Waals surface area contributed by atoms with E-state index in [2.05, 4.69) is 65.7 Å². The first kappa shape index (κ1) is 15.7. The van der Waals surface area contributed by atoms with Crippen molar-refractivity contribution in [2.24, 2.45) is 11.0 Å². The van der Waals surface area contributed by atoms with E-state index in [1.807, 2.05) is 18.2 Å². The maximum absolute atomic E-state index is 6.61. The van der Waals surface area contributed by atoms with Gasteiger partial charge in [0, 0.05) is 16.5 Å². The minimum atomic E-state index is 0.134. The summed E-state index contributed by atoms with van der Waals surface area (Å²) in [4.78, 5) is 0. The normalized spacial score (nSPS) is 21.1. The number of fused-ring (bicyclic) bond motifs is 3. The van der Waals surface area contributed by atoms with Crippen LogP contribution in [0.15, 0.2) is 84.0 Å². The molecule has 0 amide bonds. The molecule has 0 spiro atoms. The van der Waals surface area contributed by atoms with Gasteiger partial charge in [0.1, 0.15) is 0 Å². The fourth-order valence-electron chi connectivity index (χ4n) is 4.28. The molecule has 1 aliphatic carbocycles. The third-order valence-corrected chi connectivity index (χ3v) is 5.82. The Kier molecular flexibility index (Phi) is 3.79. The second kappa shape index (κ2) is 6.30. The number of hydrogen-bond acceptors (Lipinski definition) is 2. The molecule has 2 aliphatic rings. The van der Waals surface area contributed by atoms with E-state index in [0.29, 0.717) is 5.92 Å². The van der Waals surface area contributed by atoms with Crippen LogP contribution in [0.1, 0.15) is 29.2 Å². The third kappa shape index (κ3) is 2.45. The van der Waals surface area contributed by atoms with Crippen molar-refractivity contribution in [3.8, 4) is 0 Å². The lowest BCUT2D eigenvalue weighted by Crippen LogP contribution is -2.29. The molecule has 0 fully saturated rings. The zero-order chi connectivity index (χ0) is 17.5. The predicted octanol–water partition coefficient (Wildman–Crippen LogP) is 5.87. The number of rotatable bonds is 2. The lowest BCUT2D eigenvalue weighted by atomic mass is 9.77. The van der Waals surface area contributed by atoms with E-state index in [1.54, 1.807) is 0 Å². The molecule has 1 heterocycles. The fraction of sp³-hybridized carbons (Fsp3) is 0.174. The molecule has 0 bridgehead atoms. The van der Waals surface area contributed by atoms with Crippen LogP contribution in [-0.4, -0.2) is 5.71 Å². The van der Waals surface area contributed by atoms with Crippen molar-refractivity contribution < 1.29 is 0 Å². The first-order valence-corrected chi connectivity index (χ1v) is 9.46. The highest BCUT2D eigenvalue weighted by atomic mass is 35.5. The summed E-state index contributed by atoms with van der Waals surface area (Å²) in [7, 11) is 0. The predicted molar refractivity (Wildman–Crippen MR) is 108 cm³/mol. The molecule has 0 unspecified atom stereocenters. The summed E-state index contributed by atoms with van der Waals surface area (Å²) in [5.74, 6) is 0.352. The quantitative estimate of drug-likeness (QED) is 0.559. The summed E-state index contributed by atoms with van der Waals surface area (Å²) in [6, 6.07) is 27.4. The highest BCUT2D eigenvalue weighted by Gasteiger charge is 2.42. The molecular formula is C23H19ClN2. The van der Waals surface area contributed by atoms with Crippen LogP contribution >= 0.6 is 11.6 Å². The van der Waals surface area contributed by atoms with Gasteiger partial charge in [0.2, 0.25) is 0 Å². The molecule has 3 aromatic carbocycles. The van der Waals surface area contributed by atoms with Crippen LogP contribution in [0, 0.1) is 5.92 Å². The lowest BCUT2D eigenvalue weighted by Gasteiger charge is -2.31. The first-order valence-electron chi connectivity index (χ1n) is 9.08. The average Bonchev–Trinajstić information content (AvgIpc) is 3.09. The Balaban J connectivity index is 1.68. The standard InChI is InChI=1S/C23H19ClN2/c24-21-13-7-6-12-19(21)23-20-15-14-16-8-4-5-11-18(16)22(20)25-26(23)17-9-2-1-3-10-17/h1-13,20,23H,14-15H2/t20-,23-/m0/s1. The minimum absolute atomic E-state index is 0.134. The Labute approximate surface area is 158 Å². The molecule has 1 aliphatic heterocycles. The van der Waals surface area contributed by atoms with E-state index in [0.717, 1.165) is 29.1 Å². The number of hydrogen-bond donors (Lipinski definition) is 0. The molecule has 26 heavy (non-hydrogen) atoms. The van der Waals surface area contributed by atoms with Crippen molar-refractivity contribution >= 4 is 23.0 Å². The van der Waals surface area contributed by atoms with Gasteiger partial charge in [-0.15, -0.1) is 0 Å². The average molecular weight is 359 g/mol. The Morgan fingerprint density at radius 3 is 2.42 bits per heavy atom. The largest absolute Gasteiger partial charge is 0.257 e. The van der Waals surface area contributed by atoms with Crippen molar-refractivity contribution in [3.05, 3.63) is 101 Å². The molecule has 3 aromatic rings. The van der Waals surface area contributed by atoms with Gasteiger partial charge in [-0.25, -0.2) is 0 Å². The highest BCUT2D eigenvalue weighted by molar-refractivity contribution is 6.31. The van der Waals surface area contributed by atoms with Gasteiger partial charge in [-0.05, 0) is 42.2 Å². The number of halogens is 1. The minimum Gasteiger partial charge on any atom is -0.257 e. The van der Waals surface area contributed by atoms with Crippen LogP contribution < -0.4 is 5.01 Å². The van der Waals surface area contributed by atoms with E-state index in [9.17, 15) is 0 Å². The molecule has 3 heteroatoms. The van der Waals surface area contributed by atoms with Gasteiger partial charge in [-0.3, -0.25) is 5.01 Å². The van der Waals surface area contributed by atoms with E-state index in [4.69, 9.17) is 16.7 Å². The SMILES string of the molecule is Clc1ccccc1[C@H]1[C@H]2CCc3ccccc3C2=NN1c1ccccc1. The second-order valence-electron chi connectivity index (χ2n) is 6.93.